The van der Waals surface area contributed by atoms with Crippen molar-refractivity contribution in [3.05, 3.63) is 21.9 Å². The topological polar surface area (TPSA) is 49.3 Å². The second-order valence-corrected chi connectivity index (χ2v) is 4.16. The van der Waals surface area contributed by atoms with Crippen LogP contribution in [0.15, 0.2) is 11.4 Å². The average Bonchev–Trinajstić information content (AvgIpc) is 2.74. The fourth-order valence-electron chi connectivity index (χ4n) is 1.11. The summed E-state index contributed by atoms with van der Waals surface area (Å²) in [7, 11) is 0. The molecule has 0 saturated heterocycles. The number of carbonyl (C=O) groups excluding carboxylic acids is 1. The van der Waals surface area contributed by atoms with Crippen LogP contribution in [0.2, 0.25) is 0 Å². The predicted molar refractivity (Wildman–Crippen MR) is 65.0 cm³/mol. The highest BCUT2D eigenvalue weighted by Crippen LogP contribution is 2.15. The summed E-state index contributed by atoms with van der Waals surface area (Å²) in [6.07, 6.45) is 0.980. The number of thiophene rings is 1. The van der Waals surface area contributed by atoms with Gasteiger partial charge in [-0.05, 0) is 11.4 Å². The highest BCUT2D eigenvalue weighted by Gasteiger charge is 2.03. The van der Waals surface area contributed by atoms with E-state index in [4.69, 9.17) is 5.11 Å². The summed E-state index contributed by atoms with van der Waals surface area (Å²) in [5.74, 6) is 5.90. The lowest BCUT2D eigenvalue weighted by Gasteiger charge is -2.01. The van der Waals surface area contributed by atoms with E-state index in [1.807, 2.05) is 18.4 Å². The molecule has 0 atom stereocenters. The van der Waals surface area contributed by atoms with Crippen molar-refractivity contribution in [3.63, 3.8) is 0 Å². The van der Waals surface area contributed by atoms with Crippen LogP contribution in [0.3, 0.4) is 0 Å². The monoisotopic (exact) mass is 237 g/mol. The molecule has 0 aliphatic heterocycles. The summed E-state index contributed by atoms with van der Waals surface area (Å²) in [6.45, 7) is 2.44. The van der Waals surface area contributed by atoms with Crippen molar-refractivity contribution in [1.29, 1.82) is 0 Å². The maximum Gasteiger partial charge on any atom is 0.220 e. The van der Waals surface area contributed by atoms with Gasteiger partial charge in [-0.1, -0.05) is 18.8 Å². The molecule has 1 aromatic rings. The Morgan fingerprint density at radius 3 is 3.12 bits per heavy atom. The number of aliphatic hydroxyl groups excluding tert-OH is 1. The van der Waals surface area contributed by atoms with Gasteiger partial charge in [0.1, 0.15) is 0 Å². The molecular formula is C12H15NO2S. The van der Waals surface area contributed by atoms with Gasteiger partial charge in [0.2, 0.25) is 5.91 Å². The summed E-state index contributed by atoms with van der Waals surface area (Å²) in [5.41, 5.74) is 0.940. The van der Waals surface area contributed by atoms with E-state index in [-0.39, 0.29) is 12.5 Å². The third-order valence-corrected chi connectivity index (χ3v) is 2.89. The quantitative estimate of drug-likeness (QED) is 0.780. The van der Waals surface area contributed by atoms with Gasteiger partial charge in [0.25, 0.3) is 0 Å². The molecule has 0 unspecified atom stereocenters. The second kappa shape index (κ2) is 7.04. The van der Waals surface area contributed by atoms with Crippen molar-refractivity contribution in [2.24, 2.45) is 0 Å². The molecule has 0 spiro atoms. The van der Waals surface area contributed by atoms with Gasteiger partial charge >= 0.3 is 0 Å². The molecule has 4 heteroatoms. The molecule has 2 N–H and O–H groups in total. The maximum absolute atomic E-state index is 11.1. The first-order valence-corrected chi connectivity index (χ1v) is 6.08. The Balaban J connectivity index is 2.58. The summed E-state index contributed by atoms with van der Waals surface area (Å²) in [5, 5.41) is 13.4. The minimum Gasteiger partial charge on any atom is -0.395 e. The number of hydrogen-bond donors (Lipinski definition) is 2. The molecule has 1 amide bonds. The van der Waals surface area contributed by atoms with Crippen LogP contribution in [0.25, 0.3) is 0 Å². The standard InChI is InChI=1S/C12H15NO2S/c1-2-12(15)13-9-11-10(6-8-16-11)5-3-4-7-14/h6,8,14H,2,4,7,9H2,1H3,(H,13,15). The zero-order chi connectivity index (χ0) is 11.8. The highest BCUT2D eigenvalue weighted by molar-refractivity contribution is 7.10. The molecule has 0 fully saturated rings. The van der Waals surface area contributed by atoms with Crippen LogP contribution < -0.4 is 5.32 Å². The van der Waals surface area contributed by atoms with E-state index < -0.39 is 0 Å². The molecule has 0 aromatic carbocycles. The molecule has 86 valence electrons. The lowest BCUT2D eigenvalue weighted by Crippen LogP contribution is -2.21. The van der Waals surface area contributed by atoms with Crippen LogP contribution in [0.4, 0.5) is 0 Å². The van der Waals surface area contributed by atoms with Gasteiger partial charge in [-0.25, -0.2) is 0 Å². The first kappa shape index (κ1) is 12.8. The Kier molecular flexibility index (Phi) is 5.62. The SMILES string of the molecule is CCC(=O)NCc1sccc1C#CCCO. The zero-order valence-corrected chi connectivity index (χ0v) is 10.1. The van der Waals surface area contributed by atoms with E-state index in [0.717, 1.165) is 10.4 Å². The molecular weight excluding hydrogens is 222 g/mol. The number of aliphatic hydroxyl groups is 1. The van der Waals surface area contributed by atoms with Crippen LogP contribution >= 0.6 is 11.3 Å². The van der Waals surface area contributed by atoms with E-state index >= 15 is 0 Å². The van der Waals surface area contributed by atoms with E-state index in [1.165, 1.54) is 0 Å². The van der Waals surface area contributed by atoms with Crippen LogP contribution in [-0.4, -0.2) is 17.6 Å². The Morgan fingerprint density at radius 2 is 2.44 bits per heavy atom. The van der Waals surface area contributed by atoms with Crippen molar-refractivity contribution in [1.82, 2.24) is 5.32 Å². The molecule has 0 bridgehead atoms. The van der Waals surface area contributed by atoms with Crippen LogP contribution in [0.5, 0.6) is 0 Å². The van der Waals surface area contributed by atoms with Gasteiger partial charge in [-0.3, -0.25) is 4.79 Å². The zero-order valence-electron chi connectivity index (χ0n) is 9.25. The first-order valence-electron chi connectivity index (χ1n) is 5.20. The molecule has 0 radical (unpaired) electrons. The van der Waals surface area contributed by atoms with Crippen LogP contribution in [0, 0.1) is 11.8 Å². The summed E-state index contributed by atoms with van der Waals surface area (Å²) >= 11 is 1.58. The Labute approximate surface area is 99.5 Å². The van der Waals surface area contributed by atoms with E-state index in [2.05, 4.69) is 17.2 Å². The number of hydrogen-bond acceptors (Lipinski definition) is 3. The van der Waals surface area contributed by atoms with Gasteiger partial charge in [0, 0.05) is 23.3 Å². The normalized spacial score (nSPS) is 9.38. The fraction of sp³-hybridized carbons (Fsp3) is 0.417. The fourth-order valence-corrected chi connectivity index (χ4v) is 1.88. The van der Waals surface area contributed by atoms with Gasteiger partial charge < -0.3 is 10.4 Å². The van der Waals surface area contributed by atoms with Crippen LogP contribution in [0.1, 0.15) is 30.2 Å². The molecule has 1 aromatic heterocycles. The van der Waals surface area contributed by atoms with E-state index in [0.29, 0.717) is 19.4 Å². The smallest absolute Gasteiger partial charge is 0.220 e. The molecule has 1 heterocycles. The maximum atomic E-state index is 11.1. The summed E-state index contributed by atoms with van der Waals surface area (Å²) < 4.78 is 0. The lowest BCUT2D eigenvalue weighted by molar-refractivity contribution is -0.120. The molecule has 3 nitrogen and oxygen atoms in total. The molecule has 16 heavy (non-hydrogen) atoms. The first-order chi connectivity index (χ1) is 7.77. The Morgan fingerprint density at radius 1 is 1.62 bits per heavy atom. The largest absolute Gasteiger partial charge is 0.395 e. The summed E-state index contributed by atoms with van der Waals surface area (Å²) in [4.78, 5) is 12.2. The molecule has 0 aliphatic carbocycles. The van der Waals surface area contributed by atoms with Crippen molar-refractivity contribution in [2.75, 3.05) is 6.61 Å². The minimum atomic E-state index is 0.0441. The predicted octanol–water partition coefficient (Wildman–Crippen LogP) is 1.51. The third-order valence-electron chi connectivity index (χ3n) is 1.97. The van der Waals surface area contributed by atoms with Gasteiger partial charge in [0.05, 0.1) is 13.2 Å². The number of rotatable bonds is 4. The second-order valence-electron chi connectivity index (χ2n) is 3.16. The lowest BCUT2D eigenvalue weighted by atomic mass is 10.2. The highest BCUT2D eigenvalue weighted by atomic mass is 32.1. The minimum absolute atomic E-state index is 0.0441. The van der Waals surface area contributed by atoms with Gasteiger partial charge in [0.15, 0.2) is 0 Å². The van der Waals surface area contributed by atoms with Crippen molar-refractivity contribution in [3.8, 4) is 11.8 Å². The Bertz CT molecular complexity index is 401. The van der Waals surface area contributed by atoms with Crippen molar-refractivity contribution in [2.45, 2.75) is 26.3 Å². The van der Waals surface area contributed by atoms with Gasteiger partial charge in [-0.2, -0.15) is 0 Å². The van der Waals surface area contributed by atoms with Gasteiger partial charge in [-0.15, -0.1) is 11.3 Å². The number of nitrogens with one attached hydrogen (secondary N) is 1. The third kappa shape index (κ3) is 4.05. The van der Waals surface area contributed by atoms with Crippen molar-refractivity contribution >= 4 is 17.2 Å². The number of carbonyl (C=O) groups is 1. The van der Waals surface area contributed by atoms with E-state index in [9.17, 15) is 4.79 Å². The number of amides is 1. The van der Waals surface area contributed by atoms with Crippen molar-refractivity contribution < 1.29 is 9.90 Å². The Hall–Kier alpha value is -1.31. The van der Waals surface area contributed by atoms with Crippen LogP contribution in [-0.2, 0) is 11.3 Å². The van der Waals surface area contributed by atoms with E-state index in [1.54, 1.807) is 11.3 Å². The molecule has 1 rings (SSSR count). The summed E-state index contributed by atoms with van der Waals surface area (Å²) in [6, 6.07) is 1.93. The average molecular weight is 237 g/mol. The molecule has 0 aliphatic rings. The molecule has 0 saturated carbocycles.